The van der Waals surface area contributed by atoms with Crippen LogP contribution < -0.4 is 42.6 Å². The molecular formula is C43H46N2O9S2. The highest BCUT2D eigenvalue weighted by atomic mass is 32.1. The van der Waals surface area contributed by atoms with Crippen LogP contribution in [0.15, 0.2) is 71.4 Å². The van der Waals surface area contributed by atoms with Crippen LogP contribution in [-0.4, -0.2) is 71.7 Å². The van der Waals surface area contributed by atoms with Crippen molar-refractivity contribution in [1.29, 1.82) is 0 Å². The Kier molecular flexibility index (Phi) is 13.4. The van der Waals surface area contributed by atoms with E-state index in [4.69, 9.17) is 51.4 Å². The molecule has 2 aromatic heterocycles. The summed E-state index contributed by atoms with van der Waals surface area (Å²) < 4.78 is 62.0. The van der Waals surface area contributed by atoms with Crippen molar-refractivity contribution in [2.24, 2.45) is 0 Å². The van der Waals surface area contributed by atoms with Crippen LogP contribution in [0.2, 0.25) is 0 Å². The van der Waals surface area contributed by atoms with Crippen molar-refractivity contribution in [3.8, 4) is 96.5 Å². The molecule has 0 aliphatic carbocycles. The largest absolute Gasteiger partial charge is 0.494 e. The molecule has 0 saturated carbocycles. The first-order valence-electron chi connectivity index (χ1n) is 18.0. The third-order valence-electron chi connectivity index (χ3n) is 9.17. The van der Waals surface area contributed by atoms with E-state index in [1.807, 2.05) is 47.2 Å². The highest BCUT2D eigenvalue weighted by Crippen LogP contribution is 2.53. The van der Waals surface area contributed by atoms with Gasteiger partial charge in [-0.1, -0.05) is 31.2 Å². The molecular weight excluding hydrogens is 753 g/mol. The predicted molar refractivity (Wildman–Crippen MR) is 221 cm³/mol. The number of nitrogens with zero attached hydrogens (tertiary/aromatic N) is 2. The van der Waals surface area contributed by atoms with Gasteiger partial charge in [0.1, 0.15) is 5.75 Å². The van der Waals surface area contributed by atoms with E-state index in [9.17, 15) is 0 Å². The van der Waals surface area contributed by atoms with Crippen molar-refractivity contribution in [2.45, 2.75) is 26.2 Å². The van der Waals surface area contributed by atoms with E-state index in [0.717, 1.165) is 69.8 Å². The molecule has 13 heteroatoms. The molecule has 0 aliphatic heterocycles. The number of methoxy groups -OCH3 is 7. The zero-order chi connectivity index (χ0) is 39.6. The molecule has 0 aliphatic rings. The van der Waals surface area contributed by atoms with E-state index in [-0.39, 0.29) is 0 Å². The Morgan fingerprint density at radius 3 is 1.45 bits per heavy atom. The summed E-state index contributed by atoms with van der Waals surface area (Å²) in [5.74, 6) is 4.80. The summed E-state index contributed by atoms with van der Waals surface area (Å²) in [6.07, 6.45) is 2.50. The van der Waals surface area contributed by atoms with Gasteiger partial charge in [-0.15, -0.1) is 0 Å². The van der Waals surface area contributed by atoms with Gasteiger partial charge in [0.05, 0.1) is 74.4 Å². The average molecular weight is 799 g/mol. The standard InChI is InChI=1S/C43H46N2O9S2/c1-9-20-53-29-18-16-28(17-19-29)37-33(25-56-45-37)31-23-35(41(50-6)43(52-8)39(31)48-4)54-21-10-11-26-12-14-27(15-13-26)36-32(24-55-44-36)30-22-34(46-2)40(49-5)42(51-7)38(30)47-3/h12-19,22-25H,9-11,20-21H2,1-8H3. The van der Waals surface area contributed by atoms with E-state index in [1.165, 1.54) is 28.6 Å². The number of aromatic nitrogens is 2. The molecule has 0 unspecified atom stereocenters. The Morgan fingerprint density at radius 2 is 0.964 bits per heavy atom. The van der Waals surface area contributed by atoms with Crippen LogP contribution in [0, 0.1) is 0 Å². The van der Waals surface area contributed by atoms with Gasteiger partial charge in [0, 0.05) is 44.1 Å². The van der Waals surface area contributed by atoms with Gasteiger partial charge in [-0.3, -0.25) is 0 Å². The zero-order valence-electron chi connectivity index (χ0n) is 32.8. The lowest BCUT2D eigenvalue weighted by molar-refractivity contribution is 0.274. The molecule has 11 nitrogen and oxygen atoms in total. The summed E-state index contributed by atoms with van der Waals surface area (Å²) in [7, 11) is 11.1. The normalized spacial score (nSPS) is 10.9. The minimum absolute atomic E-state index is 0.443. The fourth-order valence-corrected chi connectivity index (χ4v) is 7.92. The van der Waals surface area contributed by atoms with E-state index < -0.39 is 0 Å². The van der Waals surface area contributed by atoms with Crippen LogP contribution in [0.1, 0.15) is 25.3 Å². The van der Waals surface area contributed by atoms with Crippen LogP contribution in [0.5, 0.6) is 51.7 Å². The molecule has 0 spiro atoms. The quantitative estimate of drug-likeness (QED) is 0.0731. The second-order valence-electron chi connectivity index (χ2n) is 12.4. The van der Waals surface area contributed by atoms with Crippen LogP contribution in [0.4, 0.5) is 0 Å². The van der Waals surface area contributed by atoms with Crippen molar-refractivity contribution >= 4 is 23.1 Å². The summed E-state index contributed by atoms with van der Waals surface area (Å²) >= 11 is 2.74. The molecule has 0 amide bonds. The van der Waals surface area contributed by atoms with Gasteiger partial charge in [0.25, 0.3) is 0 Å². The highest BCUT2D eigenvalue weighted by molar-refractivity contribution is 7.04. The monoisotopic (exact) mass is 798 g/mol. The topological polar surface area (TPSA) is 109 Å². The number of hydrogen-bond donors (Lipinski definition) is 0. The molecule has 0 fully saturated rings. The molecule has 6 aromatic rings. The Labute approximate surface area is 335 Å². The minimum atomic E-state index is 0.443. The Bertz CT molecular complexity index is 2220. The molecule has 6 rings (SSSR count). The maximum Gasteiger partial charge on any atom is 0.207 e. The molecule has 0 N–H and O–H groups in total. The maximum absolute atomic E-state index is 6.41. The molecule has 0 bridgehead atoms. The van der Waals surface area contributed by atoms with Crippen molar-refractivity contribution in [3.05, 3.63) is 77.0 Å². The van der Waals surface area contributed by atoms with E-state index in [1.54, 1.807) is 49.8 Å². The van der Waals surface area contributed by atoms with E-state index in [0.29, 0.717) is 59.2 Å². The number of benzene rings is 4. The Hall–Kier alpha value is -5.66. The van der Waals surface area contributed by atoms with Gasteiger partial charge in [-0.25, -0.2) is 0 Å². The molecule has 0 atom stereocenters. The Balaban J connectivity index is 1.19. The van der Waals surface area contributed by atoms with E-state index >= 15 is 0 Å². The van der Waals surface area contributed by atoms with Crippen molar-refractivity contribution < 1.29 is 42.6 Å². The highest BCUT2D eigenvalue weighted by Gasteiger charge is 2.27. The summed E-state index contributed by atoms with van der Waals surface area (Å²) in [4.78, 5) is 0. The lowest BCUT2D eigenvalue weighted by atomic mass is 9.98. The smallest absolute Gasteiger partial charge is 0.207 e. The molecule has 2 heterocycles. The first-order chi connectivity index (χ1) is 27.4. The number of rotatable bonds is 19. The lowest BCUT2D eigenvalue weighted by Gasteiger charge is -2.20. The van der Waals surface area contributed by atoms with Crippen LogP contribution in [0.3, 0.4) is 0 Å². The van der Waals surface area contributed by atoms with Crippen molar-refractivity contribution in [1.82, 2.24) is 8.75 Å². The minimum Gasteiger partial charge on any atom is -0.494 e. The molecule has 0 radical (unpaired) electrons. The van der Waals surface area contributed by atoms with Crippen LogP contribution >= 0.6 is 23.1 Å². The maximum atomic E-state index is 6.41. The molecule has 4 aromatic carbocycles. The van der Waals surface area contributed by atoms with Gasteiger partial charge in [-0.05, 0) is 84.3 Å². The summed E-state index contributed by atoms with van der Waals surface area (Å²) in [5, 5.41) is 4.00. The SMILES string of the molecule is CCCOc1ccc(-c2nscc2-c2cc(OCCCc3ccc(-c4nscc4-c4cc(OC)c(OC)c(OC)c4OC)cc3)c(OC)c(OC)c2OC)cc1. The third kappa shape index (κ3) is 8.14. The number of aryl methyl sites for hydroxylation is 1. The Morgan fingerprint density at radius 1 is 0.482 bits per heavy atom. The second-order valence-corrected chi connectivity index (χ2v) is 13.7. The van der Waals surface area contributed by atoms with E-state index in [2.05, 4.69) is 31.2 Å². The summed E-state index contributed by atoms with van der Waals surface area (Å²) in [5.41, 5.74) is 8.13. The first kappa shape index (κ1) is 40.0. The second kappa shape index (κ2) is 18.8. The van der Waals surface area contributed by atoms with Gasteiger partial charge < -0.3 is 42.6 Å². The first-order valence-corrected chi connectivity index (χ1v) is 19.7. The molecule has 294 valence electrons. The average Bonchev–Trinajstić information content (AvgIpc) is 3.94. The van der Waals surface area contributed by atoms with Gasteiger partial charge in [0.15, 0.2) is 23.0 Å². The zero-order valence-corrected chi connectivity index (χ0v) is 34.5. The third-order valence-corrected chi connectivity index (χ3v) is 10.4. The van der Waals surface area contributed by atoms with Gasteiger partial charge in [0.2, 0.25) is 23.0 Å². The van der Waals surface area contributed by atoms with Gasteiger partial charge in [-0.2, -0.15) is 8.75 Å². The number of ether oxygens (including phenoxy) is 9. The lowest BCUT2D eigenvalue weighted by Crippen LogP contribution is -2.04. The van der Waals surface area contributed by atoms with Gasteiger partial charge >= 0.3 is 0 Å². The molecule has 56 heavy (non-hydrogen) atoms. The fraction of sp³-hybridized carbons (Fsp3) is 0.302. The van der Waals surface area contributed by atoms with Crippen LogP contribution in [-0.2, 0) is 6.42 Å². The molecule has 0 saturated heterocycles. The predicted octanol–water partition coefficient (Wildman–Crippen LogP) is 10.1. The summed E-state index contributed by atoms with van der Waals surface area (Å²) in [6.45, 7) is 3.20. The summed E-state index contributed by atoms with van der Waals surface area (Å²) in [6, 6.07) is 20.2. The fourth-order valence-electron chi connectivity index (χ4n) is 6.51. The number of hydrogen-bond acceptors (Lipinski definition) is 13. The van der Waals surface area contributed by atoms with Crippen LogP contribution in [0.25, 0.3) is 44.8 Å². The van der Waals surface area contributed by atoms with Crippen molar-refractivity contribution in [3.63, 3.8) is 0 Å². The van der Waals surface area contributed by atoms with Crippen molar-refractivity contribution in [2.75, 3.05) is 63.0 Å².